The average molecular weight is 429 g/mol. The first-order chi connectivity index (χ1) is 15.8. The topological polar surface area (TPSA) is 50.8 Å². The van der Waals surface area contributed by atoms with E-state index in [1.807, 2.05) is 48.5 Å². The number of nitrogens with one attached hydrogen (secondary N) is 1. The van der Waals surface area contributed by atoms with Crippen LogP contribution in [0.15, 0.2) is 72.8 Å². The van der Waals surface area contributed by atoms with E-state index >= 15 is 0 Å². The predicted molar refractivity (Wildman–Crippen MR) is 125 cm³/mol. The molecule has 0 saturated carbocycles. The largest absolute Gasteiger partial charge is 0.490 e. The first kappa shape index (κ1) is 20.6. The summed E-state index contributed by atoms with van der Waals surface area (Å²) in [6.07, 6.45) is 3.23. The molecular weight excluding hydrogens is 400 g/mol. The molecule has 1 fully saturated rings. The zero-order valence-corrected chi connectivity index (χ0v) is 18.1. The van der Waals surface area contributed by atoms with Crippen LogP contribution in [0.3, 0.4) is 0 Å². The average Bonchev–Trinajstić information content (AvgIpc) is 3.15. The molecule has 1 saturated heterocycles. The van der Waals surface area contributed by atoms with Crippen LogP contribution in [0.1, 0.15) is 46.8 Å². The highest BCUT2D eigenvalue weighted by atomic mass is 16.5. The molecule has 0 bridgehead atoms. The lowest BCUT2D eigenvalue weighted by Crippen LogP contribution is -2.23. The van der Waals surface area contributed by atoms with Crippen LogP contribution in [0, 0.1) is 0 Å². The molecule has 5 nitrogen and oxygen atoms in total. The lowest BCUT2D eigenvalue weighted by atomic mass is 10.0. The normalized spacial score (nSPS) is 18.2. The van der Waals surface area contributed by atoms with E-state index in [1.54, 1.807) is 0 Å². The summed E-state index contributed by atoms with van der Waals surface area (Å²) < 4.78 is 11.7. The second-order valence-electron chi connectivity index (χ2n) is 8.40. The minimum atomic E-state index is -0.0889. The van der Waals surface area contributed by atoms with Crippen molar-refractivity contribution in [1.29, 1.82) is 0 Å². The first-order valence-corrected chi connectivity index (χ1v) is 11.4. The highest BCUT2D eigenvalue weighted by Crippen LogP contribution is 2.38. The van der Waals surface area contributed by atoms with Gasteiger partial charge in [-0.2, -0.15) is 0 Å². The van der Waals surface area contributed by atoms with E-state index in [0.29, 0.717) is 24.8 Å². The van der Waals surface area contributed by atoms with Crippen molar-refractivity contribution >= 4 is 11.6 Å². The first-order valence-electron chi connectivity index (χ1n) is 11.4. The van der Waals surface area contributed by atoms with Crippen LogP contribution >= 0.6 is 0 Å². The Kier molecular flexibility index (Phi) is 6.08. The molecule has 32 heavy (non-hydrogen) atoms. The number of ether oxygens (including phenoxy) is 2. The number of hydrogen-bond acceptors (Lipinski definition) is 4. The van der Waals surface area contributed by atoms with Gasteiger partial charge in [-0.25, -0.2) is 0 Å². The van der Waals surface area contributed by atoms with Gasteiger partial charge in [0.05, 0.1) is 13.2 Å². The van der Waals surface area contributed by atoms with Crippen LogP contribution < -0.4 is 14.8 Å². The highest BCUT2D eigenvalue weighted by Gasteiger charge is 2.27. The molecular formula is C27H28N2O3. The van der Waals surface area contributed by atoms with Crippen LogP contribution in [0.2, 0.25) is 0 Å². The molecule has 1 unspecified atom stereocenters. The number of rotatable bonds is 5. The van der Waals surface area contributed by atoms with E-state index in [2.05, 4.69) is 34.5 Å². The molecule has 1 atom stereocenters. The summed E-state index contributed by atoms with van der Waals surface area (Å²) in [7, 11) is 0. The van der Waals surface area contributed by atoms with Crippen LogP contribution in [0.25, 0.3) is 0 Å². The molecule has 164 valence electrons. The van der Waals surface area contributed by atoms with E-state index in [4.69, 9.17) is 9.47 Å². The maximum atomic E-state index is 12.5. The maximum absolute atomic E-state index is 12.5. The van der Waals surface area contributed by atoms with Crippen molar-refractivity contribution < 1.29 is 14.3 Å². The molecule has 2 aliphatic rings. The number of fused-ring (bicyclic) bond motifs is 1. The Labute approximate surface area is 189 Å². The lowest BCUT2D eigenvalue weighted by Gasteiger charge is -2.25. The highest BCUT2D eigenvalue weighted by molar-refractivity contribution is 6.04. The number of amides is 1. The van der Waals surface area contributed by atoms with Crippen LogP contribution in [-0.4, -0.2) is 30.6 Å². The number of hydrogen-bond donors (Lipinski definition) is 1. The minimum absolute atomic E-state index is 0.0889. The Morgan fingerprint density at radius 2 is 1.69 bits per heavy atom. The van der Waals surface area contributed by atoms with Gasteiger partial charge in [0.1, 0.15) is 0 Å². The Balaban J connectivity index is 1.25. The van der Waals surface area contributed by atoms with Gasteiger partial charge in [0.25, 0.3) is 5.91 Å². The fourth-order valence-electron chi connectivity index (χ4n) is 4.50. The summed E-state index contributed by atoms with van der Waals surface area (Å²) in [6.45, 7) is 3.34. The molecule has 0 aromatic heterocycles. The molecule has 3 aromatic rings. The van der Waals surface area contributed by atoms with Crippen molar-refractivity contribution in [1.82, 2.24) is 4.90 Å². The summed E-state index contributed by atoms with van der Waals surface area (Å²) >= 11 is 0. The third-order valence-electron chi connectivity index (χ3n) is 6.15. The minimum Gasteiger partial charge on any atom is -0.490 e. The van der Waals surface area contributed by atoms with Crippen molar-refractivity contribution in [3.8, 4) is 11.5 Å². The Morgan fingerprint density at radius 1 is 0.906 bits per heavy atom. The van der Waals surface area contributed by atoms with Gasteiger partial charge in [-0.05, 0) is 66.9 Å². The second kappa shape index (κ2) is 9.45. The molecule has 1 amide bonds. The third kappa shape index (κ3) is 4.63. The van der Waals surface area contributed by atoms with E-state index in [1.165, 1.54) is 17.5 Å². The summed E-state index contributed by atoms with van der Waals surface area (Å²) in [5.74, 6) is 1.62. The summed E-state index contributed by atoms with van der Waals surface area (Å²) in [5.41, 5.74) is 3.96. The standard InChI is InChI=1S/C27H28N2O3/c30-27(28-23-6-2-1-3-7-23)21-11-9-20(10-12-21)19-29-15-4-8-24(29)22-13-14-25-26(18-22)32-17-5-16-31-25/h1-3,6-7,9-14,18,24H,4-5,8,15-17,19H2,(H,28,30). The van der Waals surface area contributed by atoms with Gasteiger partial charge in [0.15, 0.2) is 11.5 Å². The molecule has 0 spiro atoms. The Hall–Kier alpha value is -3.31. The van der Waals surface area contributed by atoms with Crippen molar-refractivity contribution in [2.24, 2.45) is 0 Å². The lowest BCUT2D eigenvalue weighted by molar-refractivity contribution is 0.102. The van der Waals surface area contributed by atoms with Crippen molar-refractivity contribution in [3.63, 3.8) is 0 Å². The third-order valence-corrected chi connectivity index (χ3v) is 6.15. The Morgan fingerprint density at radius 3 is 2.50 bits per heavy atom. The predicted octanol–water partition coefficient (Wildman–Crippen LogP) is 5.44. The van der Waals surface area contributed by atoms with Crippen molar-refractivity contribution in [2.45, 2.75) is 31.8 Å². The van der Waals surface area contributed by atoms with Crippen LogP contribution in [-0.2, 0) is 6.54 Å². The SMILES string of the molecule is O=C(Nc1ccccc1)c1ccc(CN2CCCC2c2ccc3c(c2)OCCCO3)cc1. The number of para-hydroxylation sites is 1. The maximum Gasteiger partial charge on any atom is 0.255 e. The number of benzene rings is 3. The van der Waals surface area contributed by atoms with Gasteiger partial charge in [-0.15, -0.1) is 0 Å². The fraction of sp³-hybridized carbons (Fsp3) is 0.296. The van der Waals surface area contributed by atoms with E-state index in [9.17, 15) is 4.79 Å². The number of anilines is 1. The van der Waals surface area contributed by atoms with Crippen LogP contribution in [0.4, 0.5) is 5.69 Å². The quantitative estimate of drug-likeness (QED) is 0.588. The van der Waals surface area contributed by atoms with Gasteiger partial charge < -0.3 is 14.8 Å². The molecule has 2 aliphatic heterocycles. The number of likely N-dealkylation sites (tertiary alicyclic amines) is 1. The number of carbonyl (C=O) groups is 1. The van der Waals surface area contributed by atoms with E-state index in [-0.39, 0.29) is 5.91 Å². The smallest absolute Gasteiger partial charge is 0.255 e. The molecule has 3 aromatic carbocycles. The van der Waals surface area contributed by atoms with Crippen molar-refractivity contribution in [2.75, 3.05) is 25.1 Å². The molecule has 1 N–H and O–H groups in total. The Bertz CT molecular complexity index is 1070. The molecule has 5 rings (SSSR count). The number of carbonyl (C=O) groups excluding carboxylic acids is 1. The monoisotopic (exact) mass is 428 g/mol. The zero-order chi connectivity index (χ0) is 21.8. The fourth-order valence-corrected chi connectivity index (χ4v) is 4.50. The van der Waals surface area contributed by atoms with E-state index in [0.717, 1.165) is 43.1 Å². The molecule has 2 heterocycles. The zero-order valence-electron chi connectivity index (χ0n) is 18.1. The second-order valence-corrected chi connectivity index (χ2v) is 8.40. The molecule has 0 radical (unpaired) electrons. The van der Waals surface area contributed by atoms with Gasteiger partial charge in [0.2, 0.25) is 0 Å². The summed E-state index contributed by atoms with van der Waals surface area (Å²) in [4.78, 5) is 15.0. The molecule has 5 heteroatoms. The van der Waals surface area contributed by atoms with Gasteiger partial charge in [-0.3, -0.25) is 9.69 Å². The van der Waals surface area contributed by atoms with Crippen LogP contribution in [0.5, 0.6) is 11.5 Å². The molecule has 0 aliphatic carbocycles. The van der Waals surface area contributed by atoms with Gasteiger partial charge in [0, 0.05) is 30.3 Å². The van der Waals surface area contributed by atoms with Gasteiger partial charge >= 0.3 is 0 Å². The van der Waals surface area contributed by atoms with E-state index < -0.39 is 0 Å². The van der Waals surface area contributed by atoms with Crippen molar-refractivity contribution in [3.05, 3.63) is 89.5 Å². The van der Waals surface area contributed by atoms with Gasteiger partial charge in [-0.1, -0.05) is 36.4 Å². The summed E-state index contributed by atoms with van der Waals surface area (Å²) in [6, 6.07) is 24.2. The number of nitrogens with zero attached hydrogens (tertiary/aromatic N) is 1. The summed E-state index contributed by atoms with van der Waals surface area (Å²) in [5, 5.41) is 2.94.